The third-order valence-electron chi connectivity index (χ3n) is 2.48. The predicted octanol–water partition coefficient (Wildman–Crippen LogP) is 2.40. The number of nitrogens with zero attached hydrogens (tertiary/aromatic N) is 2. The fourth-order valence-corrected chi connectivity index (χ4v) is 1.48. The molecule has 5 nitrogen and oxygen atoms in total. The molecule has 0 amide bonds. The first-order valence-corrected chi connectivity index (χ1v) is 5.78. The summed E-state index contributed by atoms with van der Waals surface area (Å²) < 4.78 is 9.99. The van der Waals surface area contributed by atoms with Crippen LogP contribution in [-0.4, -0.2) is 22.7 Å². The number of aromatic nitrogens is 2. The number of carbonyl (C=O) groups excluding carboxylic acids is 1. The maximum Gasteiger partial charge on any atom is 0.318 e. The van der Waals surface area contributed by atoms with Crippen molar-refractivity contribution in [3.63, 3.8) is 0 Å². The minimum absolute atomic E-state index is 0.271. The van der Waals surface area contributed by atoms with Gasteiger partial charge in [-0.25, -0.2) is 0 Å². The summed E-state index contributed by atoms with van der Waals surface area (Å²) in [5.41, 5.74) is 0.851. The van der Waals surface area contributed by atoms with Gasteiger partial charge in [0.1, 0.15) is 5.92 Å². The SMILES string of the molecule is CCOC(=O)C(C)c1nc(-c2ccccc2)no1. The van der Waals surface area contributed by atoms with Gasteiger partial charge in [-0.05, 0) is 13.8 Å². The Morgan fingerprint density at radius 2 is 2.11 bits per heavy atom. The molecule has 1 atom stereocenters. The second-order valence-corrected chi connectivity index (χ2v) is 3.80. The van der Waals surface area contributed by atoms with Gasteiger partial charge < -0.3 is 9.26 Å². The number of ether oxygens (including phenoxy) is 1. The first-order chi connectivity index (χ1) is 8.72. The van der Waals surface area contributed by atoms with Gasteiger partial charge in [-0.2, -0.15) is 4.98 Å². The molecule has 0 radical (unpaired) electrons. The molecular formula is C13H14N2O3. The number of rotatable bonds is 4. The van der Waals surface area contributed by atoms with Crippen molar-refractivity contribution >= 4 is 5.97 Å². The van der Waals surface area contributed by atoms with Crippen LogP contribution < -0.4 is 0 Å². The fraction of sp³-hybridized carbons (Fsp3) is 0.308. The molecule has 0 aliphatic rings. The monoisotopic (exact) mass is 246 g/mol. The van der Waals surface area contributed by atoms with Crippen molar-refractivity contribution in [3.8, 4) is 11.4 Å². The van der Waals surface area contributed by atoms with Crippen LogP contribution in [0.1, 0.15) is 25.7 Å². The second kappa shape index (κ2) is 5.44. The maximum absolute atomic E-state index is 11.5. The van der Waals surface area contributed by atoms with Crippen molar-refractivity contribution in [1.29, 1.82) is 0 Å². The van der Waals surface area contributed by atoms with Crippen LogP contribution in [0.3, 0.4) is 0 Å². The zero-order chi connectivity index (χ0) is 13.0. The van der Waals surface area contributed by atoms with Gasteiger partial charge in [0.2, 0.25) is 11.7 Å². The van der Waals surface area contributed by atoms with Gasteiger partial charge in [0.25, 0.3) is 0 Å². The van der Waals surface area contributed by atoms with E-state index in [2.05, 4.69) is 10.1 Å². The van der Waals surface area contributed by atoms with E-state index in [1.165, 1.54) is 0 Å². The number of esters is 1. The summed E-state index contributed by atoms with van der Waals surface area (Å²) in [7, 11) is 0. The molecule has 0 bridgehead atoms. The average molecular weight is 246 g/mol. The van der Waals surface area contributed by atoms with Crippen LogP contribution in [0, 0.1) is 0 Å². The van der Waals surface area contributed by atoms with Crippen LogP contribution in [0.4, 0.5) is 0 Å². The summed E-state index contributed by atoms with van der Waals surface area (Å²) in [6, 6.07) is 9.44. The third kappa shape index (κ3) is 2.56. The van der Waals surface area contributed by atoms with Gasteiger partial charge in [0, 0.05) is 5.56 Å². The molecule has 0 fully saturated rings. The first kappa shape index (κ1) is 12.3. The van der Waals surface area contributed by atoms with Crippen LogP contribution in [0.2, 0.25) is 0 Å². The van der Waals surface area contributed by atoms with E-state index in [9.17, 15) is 4.79 Å². The summed E-state index contributed by atoms with van der Waals surface area (Å²) in [5.74, 6) is -0.162. The van der Waals surface area contributed by atoms with Gasteiger partial charge in [0.05, 0.1) is 6.61 Å². The van der Waals surface area contributed by atoms with E-state index in [0.717, 1.165) is 5.56 Å². The molecule has 1 heterocycles. The highest BCUT2D eigenvalue weighted by molar-refractivity contribution is 5.76. The lowest BCUT2D eigenvalue weighted by Gasteiger charge is -2.04. The molecule has 1 aromatic heterocycles. The van der Waals surface area contributed by atoms with Crippen molar-refractivity contribution in [1.82, 2.24) is 10.1 Å². The summed E-state index contributed by atoms with van der Waals surface area (Å²) in [4.78, 5) is 15.7. The first-order valence-electron chi connectivity index (χ1n) is 5.78. The summed E-state index contributed by atoms with van der Waals surface area (Å²) >= 11 is 0. The number of hydrogen-bond acceptors (Lipinski definition) is 5. The lowest BCUT2D eigenvalue weighted by molar-refractivity contribution is -0.145. The number of carbonyl (C=O) groups is 1. The Labute approximate surface area is 105 Å². The van der Waals surface area contributed by atoms with Crippen molar-refractivity contribution in [2.24, 2.45) is 0 Å². The molecule has 0 N–H and O–H groups in total. The van der Waals surface area contributed by atoms with E-state index in [1.54, 1.807) is 13.8 Å². The van der Waals surface area contributed by atoms with Crippen molar-refractivity contribution < 1.29 is 14.1 Å². The molecule has 2 rings (SSSR count). The fourth-order valence-electron chi connectivity index (χ4n) is 1.48. The molecule has 0 aliphatic heterocycles. The van der Waals surface area contributed by atoms with E-state index < -0.39 is 5.92 Å². The predicted molar refractivity (Wildman–Crippen MR) is 64.8 cm³/mol. The van der Waals surface area contributed by atoms with Crippen LogP contribution in [-0.2, 0) is 9.53 Å². The molecule has 0 spiro atoms. The van der Waals surface area contributed by atoms with E-state index in [1.807, 2.05) is 30.3 Å². The highest BCUT2D eigenvalue weighted by Crippen LogP contribution is 2.20. The zero-order valence-corrected chi connectivity index (χ0v) is 10.3. The highest BCUT2D eigenvalue weighted by atomic mass is 16.5. The maximum atomic E-state index is 11.5. The molecule has 1 aromatic carbocycles. The van der Waals surface area contributed by atoms with Crippen LogP contribution in [0.25, 0.3) is 11.4 Å². The van der Waals surface area contributed by atoms with E-state index in [4.69, 9.17) is 9.26 Å². The van der Waals surface area contributed by atoms with Crippen LogP contribution in [0.5, 0.6) is 0 Å². The summed E-state index contributed by atoms with van der Waals surface area (Å²) in [6.07, 6.45) is 0. The molecule has 1 unspecified atom stereocenters. The topological polar surface area (TPSA) is 65.2 Å². The Kier molecular flexibility index (Phi) is 3.72. The van der Waals surface area contributed by atoms with Crippen LogP contribution >= 0.6 is 0 Å². The van der Waals surface area contributed by atoms with Gasteiger partial charge in [0.15, 0.2) is 0 Å². The molecule has 0 aliphatic carbocycles. The Morgan fingerprint density at radius 3 is 2.78 bits per heavy atom. The largest absolute Gasteiger partial charge is 0.465 e. The highest BCUT2D eigenvalue weighted by Gasteiger charge is 2.23. The molecular weight excluding hydrogens is 232 g/mol. The molecule has 2 aromatic rings. The second-order valence-electron chi connectivity index (χ2n) is 3.80. The summed E-state index contributed by atoms with van der Waals surface area (Å²) in [6.45, 7) is 3.77. The lowest BCUT2D eigenvalue weighted by Crippen LogP contribution is -2.13. The van der Waals surface area contributed by atoms with E-state index in [0.29, 0.717) is 12.4 Å². The van der Waals surface area contributed by atoms with Gasteiger partial charge in [-0.3, -0.25) is 4.79 Å². The van der Waals surface area contributed by atoms with Gasteiger partial charge >= 0.3 is 5.97 Å². The van der Waals surface area contributed by atoms with Crippen molar-refractivity contribution in [2.75, 3.05) is 6.61 Å². The smallest absolute Gasteiger partial charge is 0.318 e. The molecule has 5 heteroatoms. The summed E-state index contributed by atoms with van der Waals surface area (Å²) in [5, 5.41) is 3.86. The number of hydrogen-bond donors (Lipinski definition) is 0. The Bertz CT molecular complexity index is 522. The van der Waals surface area contributed by atoms with Crippen molar-refractivity contribution in [3.05, 3.63) is 36.2 Å². The molecule has 0 saturated carbocycles. The Morgan fingerprint density at radius 1 is 1.39 bits per heavy atom. The zero-order valence-electron chi connectivity index (χ0n) is 10.3. The third-order valence-corrected chi connectivity index (χ3v) is 2.48. The van der Waals surface area contributed by atoms with Crippen molar-refractivity contribution in [2.45, 2.75) is 19.8 Å². The van der Waals surface area contributed by atoms with E-state index in [-0.39, 0.29) is 11.9 Å². The molecule has 0 saturated heterocycles. The molecule has 18 heavy (non-hydrogen) atoms. The average Bonchev–Trinajstić information content (AvgIpc) is 2.89. The standard InChI is InChI=1S/C13H14N2O3/c1-3-17-13(16)9(2)12-14-11(15-18-12)10-7-5-4-6-8-10/h4-9H,3H2,1-2H3. The number of benzene rings is 1. The Balaban J connectivity index is 2.18. The molecule has 94 valence electrons. The van der Waals surface area contributed by atoms with Crippen LogP contribution in [0.15, 0.2) is 34.9 Å². The lowest BCUT2D eigenvalue weighted by atomic mass is 10.2. The minimum Gasteiger partial charge on any atom is -0.465 e. The minimum atomic E-state index is -0.546. The normalized spacial score (nSPS) is 12.1. The van der Waals surface area contributed by atoms with E-state index >= 15 is 0 Å². The van der Waals surface area contributed by atoms with Gasteiger partial charge in [-0.15, -0.1) is 0 Å². The quantitative estimate of drug-likeness (QED) is 0.775. The Hall–Kier alpha value is -2.17. The van der Waals surface area contributed by atoms with Gasteiger partial charge in [-0.1, -0.05) is 35.5 Å².